The number of carbonyl (C=O) groups is 1. The minimum absolute atomic E-state index is 0.384. The van der Waals surface area contributed by atoms with Crippen molar-refractivity contribution >= 4 is 12.0 Å². The highest BCUT2D eigenvalue weighted by atomic mass is 19.4. The van der Waals surface area contributed by atoms with Crippen LogP contribution < -0.4 is 5.32 Å². The Morgan fingerprint density at radius 2 is 1.68 bits per heavy atom. The molecule has 2 aromatic rings. The maximum absolute atomic E-state index is 13.2. The summed E-state index contributed by atoms with van der Waals surface area (Å²) in [5, 5.41) is 2.55. The summed E-state index contributed by atoms with van der Waals surface area (Å²) in [6.45, 7) is 1.59. The average molecular weight is 355 g/mol. The Balaban J connectivity index is 1.99. The van der Waals surface area contributed by atoms with Crippen LogP contribution in [-0.2, 0) is 11.0 Å². The van der Waals surface area contributed by atoms with E-state index in [0.29, 0.717) is 11.1 Å². The molecule has 2 aromatic carbocycles. The molecular weight excluding hydrogens is 341 g/mol. The number of hydrogen-bond donors (Lipinski definition) is 1. The first-order chi connectivity index (χ1) is 11.7. The Labute approximate surface area is 141 Å². The van der Waals surface area contributed by atoms with E-state index in [4.69, 9.17) is 0 Å². The second kappa shape index (κ2) is 7.46. The Morgan fingerprint density at radius 3 is 2.24 bits per heavy atom. The van der Waals surface area contributed by atoms with Crippen LogP contribution in [0.1, 0.15) is 29.7 Å². The number of carbonyl (C=O) groups excluding carboxylic acids is 1. The number of alkyl halides is 3. The Kier molecular flexibility index (Phi) is 5.56. The van der Waals surface area contributed by atoms with Gasteiger partial charge in [0.1, 0.15) is 0 Å². The molecule has 0 aliphatic carbocycles. The van der Waals surface area contributed by atoms with Crippen LogP contribution in [0.5, 0.6) is 0 Å². The van der Waals surface area contributed by atoms with Gasteiger partial charge in [0.15, 0.2) is 11.6 Å². The molecular formula is C18H14F5NO. The van der Waals surface area contributed by atoms with E-state index >= 15 is 0 Å². The van der Waals surface area contributed by atoms with Crippen LogP contribution >= 0.6 is 0 Å². The van der Waals surface area contributed by atoms with Crippen molar-refractivity contribution in [2.75, 3.05) is 0 Å². The van der Waals surface area contributed by atoms with E-state index in [1.165, 1.54) is 24.3 Å². The van der Waals surface area contributed by atoms with Crippen LogP contribution in [0.25, 0.3) is 6.08 Å². The standard InChI is InChI=1S/C18H14F5NO/c1-11(13-5-8-15(19)16(20)10-13)24-17(25)9-4-12-2-6-14(7-3-12)18(21,22)23/h2-11H,1H3,(H,24,25)/b9-4+. The maximum Gasteiger partial charge on any atom is 0.416 e. The van der Waals surface area contributed by atoms with E-state index in [-0.39, 0.29) is 0 Å². The lowest BCUT2D eigenvalue weighted by Crippen LogP contribution is -2.24. The molecule has 0 aromatic heterocycles. The van der Waals surface area contributed by atoms with Crippen LogP contribution in [-0.4, -0.2) is 5.91 Å². The minimum atomic E-state index is -4.42. The van der Waals surface area contributed by atoms with Crippen molar-refractivity contribution in [3.63, 3.8) is 0 Å². The molecule has 0 aliphatic heterocycles. The second-order valence-corrected chi connectivity index (χ2v) is 5.36. The predicted molar refractivity (Wildman–Crippen MR) is 83.4 cm³/mol. The summed E-state index contributed by atoms with van der Waals surface area (Å²) in [7, 11) is 0. The normalized spacial score (nSPS) is 13.0. The molecule has 1 unspecified atom stereocenters. The lowest BCUT2D eigenvalue weighted by Gasteiger charge is -2.13. The zero-order valence-corrected chi connectivity index (χ0v) is 13.1. The fourth-order valence-electron chi connectivity index (χ4n) is 2.08. The molecule has 1 atom stereocenters. The molecule has 0 saturated heterocycles. The van der Waals surface area contributed by atoms with E-state index < -0.39 is 35.3 Å². The third-order valence-electron chi connectivity index (χ3n) is 3.47. The van der Waals surface area contributed by atoms with Gasteiger partial charge in [0, 0.05) is 6.08 Å². The smallest absolute Gasteiger partial charge is 0.346 e. The molecule has 0 saturated carbocycles. The van der Waals surface area contributed by atoms with Crippen LogP contribution in [0.3, 0.4) is 0 Å². The Hall–Kier alpha value is -2.70. The molecule has 0 radical (unpaired) electrons. The van der Waals surface area contributed by atoms with Gasteiger partial charge in [0.25, 0.3) is 0 Å². The molecule has 0 spiro atoms. The Bertz CT molecular complexity index is 781. The van der Waals surface area contributed by atoms with Crippen LogP contribution in [0.15, 0.2) is 48.5 Å². The molecule has 132 valence electrons. The third kappa shape index (κ3) is 5.14. The number of benzene rings is 2. The van der Waals surface area contributed by atoms with Gasteiger partial charge in [-0.05, 0) is 48.4 Å². The second-order valence-electron chi connectivity index (χ2n) is 5.36. The third-order valence-corrected chi connectivity index (χ3v) is 3.47. The average Bonchev–Trinajstić information content (AvgIpc) is 2.55. The van der Waals surface area contributed by atoms with Crippen LogP contribution in [0, 0.1) is 11.6 Å². The van der Waals surface area contributed by atoms with Gasteiger partial charge in [0.05, 0.1) is 11.6 Å². The molecule has 1 amide bonds. The van der Waals surface area contributed by atoms with E-state index in [2.05, 4.69) is 5.32 Å². The SMILES string of the molecule is CC(NC(=O)/C=C/c1ccc(C(F)(F)F)cc1)c1ccc(F)c(F)c1. The number of hydrogen-bond acceptors (Lipinski definition) is 1. The van der Waals surface area contributed by atoms with Crippen LogP contribution in [0.4, 0.5) is 22.0 Å². The topological polar surface area (TPSA) is 29.1 Å². The quantitative estimate of drug-likeness (QED) is 0.615. The van der Waals surface area contributed by atoms with Crippen molar-refractivity contribution in [3.05, 3.63) is 76.9 Å². The summed E-state index contributed by atoms with van der Waals surface area (Å²) in [5.41, 5.74) is 0.0277. The number of nitrogens with one attached hydrogen (secondary N) is 1. The molecule has 0 fully saturated rings. The van der Waals surface area contributed by atoms with Crippen molar-refractivity contribution in [3.8, 4) is 0 Å². The van der Waals surface area contributed by atoms with Crippen molar-refractivity contribution in [1.82, 2.24) is 5.32 Å². The zero-order valence-electron chi connectivity index (χ0n) is 13.1. The van der Waals surface area contributed by atoms with E-state index in [9.17, 15) is 26.7 Å². The molecule has 0 bridgehead atoms. The van der Waals surface area contributed by atoms with Gasteiger partial charge in [-0.25, -0.2) is 8.78 Å². The van der Waals surface area contributed by atoms with Crippen molar-refractivity contribution in [2.45, 2.75) is 19.1 Å². The van der Waals surface area contributed by atoms with Gasteiger partial charge >= 0.3 is 6.18 Å². The monoisotopic (exact) mass is 355 g/mol. The van der Waals surface area contributed by atoms with Gasteiger partial charge in [0.2, 0.25) is 5.91 Å². The molecule has 2 nitrogen and oxygen atoms in total. The van der Waals surface area contributed by atoms with Crippen LogP contribution in [0.2, 0.25) is 0 Å². The zero-order chi connectivity index (χ0) is 18.6. The minimum Gasteiger partial charge on any atom is -0.346 e. The number of halogens is 5. The van der Waals surface area contributed by atoms with Gasteiger partial charge in [-0.3, -0.25) is 4.79 Å². The lowest BCUT2D eigenvalue weighted by atomic mass is 10.1. The first-order valence-corrected chi connectivity index (χ1v) is 7.27. The Morgan fingerprint density at radius 1 is 1.04 bits per heavy atom. The number of rotatable bonds is 4. The highest BCUT2D eigenvalue weighted by Crippen LogP contribution is 2.29. The highest BCUT2D eigenvalue weighted by Gasteiger charge is 2.29. The lowest BCUT2D eigenvalue weighted by molar-refractivity contribution is -0.137. The highest BCUT2D eigenvalue weighted by molar-refractivity contribution is 5.91. The summed E-state index contributed by atoms with van der Waals surface area (Å²) in [6.07, 6.45) is -1.91. The molecule has 7 heteroatoms. The summed E-state index contributed by atoms with van der Waals surface area (Å²) >= 11 is 0. The largest absolute Gasteiger partial charge is 0.416 e. The molecule has 0 aliphatic rings. The summed E-state index contributed by atoms with van der Waals surface area (Å²) in [6, 6.07) is 7.05. The predicted octanol–water partition coefficient (Wildman–Crippen LogP) is 4.87. The molecule has 25 heavy (non-hydrogen) atoms. The van der Waals surface area contributed by atoms with Crippen molar-refractivity contribution < 1.29 is 26.7 Å². The first kappa shape index (κ1) is 18.6. The van der Waals surface area contributed by atoms with Crippen molar-refractivity contribution in [2.24, 2.45) is 0 Å². The first-order valence-electron chi connectivity index (χ1n) is 7.27. The van der Waals surface area contributed by atoms with Gasteiger partial charge < -0.3 is 5.32 Å². The molecule has 0 heterocycles. The van der Waals surface area contributed by atoms with Gasteiger partial charge in [-0.1, -0.05) is 18.2 Å². The van der Waals surface area contributed by atoms with E-state index in [0.717, 1.165) is 30.3 Å². The molecule has 1 N–H and O–H groups in total. The summed E-state index contributed by atoms with van der Waals surface area (Å²) < 4.78 is 63.5. The van der Waals surface area contributed by atoms with Gasteiger partial charge in [-0.15, -0.1) is 0 Å². The van der Waals surface area contributed by atoms with Gasteiger partial charge in [-0.2, -0.15) is 13.2 Å². The summed E-state index contributed by atoms with van der Waals surface area (Å²) in [5.74, 6) is -2.51. The summed E-state index contributed by atoms with van der Waals surface area (Å²) in [4.78, 5) is 11.8. The van der Waals surface area contributed by atoms with E-state index in [1.807, 2.05) is 0 Å². The molecule has 2 rings (SSSR count). The fraction of sp³-hybridized carbons (Fsp3) is 0.167. The van der Waals surface area contributed by atoms with E-state index in [1.54, 1.807) is 6.92 Å². The maximum atomic E-state index is 13.2. The number of amides is 1. The van der Waals surface area contributed by atoms with Crippen molar-refractivity contribution in [1.29, 1.82) is 0 Å². The fourth-order valence-corrected chi connectivity index (χ4v) is 2.08.